The fourth-order valence-corrected chi connectivity index (χ4v) is 3.19. The third-order valence-corrected chi connectivity index (χ3v) is 4.56. The molecule has 1 aliphatic carbocycles. The summed E-state index contributed by atoms with van der Waals surface area (Å²) in [6, 6.07) is 21.4. The van der Waals surface area contributed by atoms with E-state index < -0.39 is 0 Å². The fraction of sp³-hybridized carbons (Fsp3) is 0.158. The van der Waals surface area contributed by atoms with Gasteiger partial charge in [0, 0.05) is 11.5 Å². The molecule has 1 saturated carbocycles. The minimum atomic E-state index is -0.318. The molecular weight excluding hydrogens is 297 g/mol. The van der Waals surface area contributed by atoms with Crippen LogP contribution in [0.5, 0.6) is 0 Å². The normalized spacial score (nSPS) is 23.1. The summed E-state index contributed by atoms with van der Waals surface area (Å²) in [5.41, 5.74) is 8.54. The summed E-state index contributed by atoms with van der Waals surface area (Å²) in [5.74, 6) is 0.0759. The third kappa shape index (κ3) is 2.39. The van der Waals surface area contributed by atoms with Crippen LogP contribution in [0.25, 0.3) is 10.8 Å². The number of hydrogen-bond donors (Lipinski definition) is 1. The number of fused-ring (bicyclic) bond motifs is 1. The van der Waals surface area contributed by atoms with Gasteiger partial charge >= 0.3 is 0 Å². The van der Waals surface area contributed by atoms with Gasteiger partial charge in [-0.3, -0.25) is 0 Å². The Hall–Kier alpha value is -1.90. The van der Waals surface area contributed by atoms with E-state index in [0.29, 0.717) is 0 Å². The molecule has 112 valence electrons. The number of rotatable bonds is 2. The van der Waals surface area contributed by atoms with Gasteiger partial charge in [-0.25, -0.2) is 4.39 Å². The van der Waals surface area contributed by atoms with Crippen molar-refractivity contribution in [2.24, 2.45) is 5.73 Å². The van der Waals surface area contributed by atoms with Crippen LogP contribution in [0.4, 0.5) is 4.39 Å². The molecule has 0 aliphatic heterocycles. The highest BCUT2D eigenvalue weighted by atomic mass is 35.5. The van der Waals surface area contributed by atoms with Gasteiger partial charge < -0.3 is 5.73 Å². The maximum atomic E-state index is 13.0. The number of nitrogens with two attached hydrogens (primary N) is 1. The monoisotopic (exact) mass is 313 g/mol. The lowest BCUT2D eigenvalue weighted by Crippen LogP contribution is -2.21. The molecule has 2 N–H and O–H groups in total. The number of benzene rings is 3. The van der Waals surface area contributed by atoms with Crippen LogP contribution in [-0.4, -0.2) is 0 Å². The molecule has 0 bridgehead atoms. The highest BCUT2D eigenvalue weighted by Crippen LogP contribution is 2.56. The van der Waals surface area contributed by atoms with Crippen LogP contribution in [0.15, 0.2) is 66.7 Å². The van der Waals surface area contributed by atoms with Crippen LogP contribution in [-0.2, 0) is 5.54 Å². The topological polar surface area (TPSA) is 26.0 Å². The molecule has 3 heteroatoms. The molecule has 1 fully saturated rings. The van der Waals surface area contributed by atoms with Crippen molar-refractivity contribution in [3.63, 3.8) is 0 Å². The van der Waals surface area contributed by atoms with Crippen LogP contribution in [0, 0.1) is 5.82 Å². The zero-order chi connectivity index (χ0) is 14.4. The lowest BCUT2D eigenvalue weighted by atomic mass is 9.97. The van der Waals surface area contributed by atoms with Gasteiger partial charge in [-0.1, -0.05) is 48.5 Å². The molecule has 1 aliphatic rings. The van der Waals surface area contributed by atoms with Crippen LogP contribution in [0.2, 0.25) is 0 Å². The molecule has 2 atom stereocenters. The molecule has 0 saturated heterocycles. The molecule has 0 unspecified atom stereocenters. The van der Waals surface area contributed by atoms with Crippen LogP contribution >= 0.6 is 12.4 Å². The van der Waals surface area contributed by atoms with Crippen molar-refractivity contribution in [1.29, 1.82) is 0 Å². The van der Waals surface area contributed by atoms with Crippen LogP contribution in [0.1, 0.15) is 23.5 Å². The SMILES string of the molecule is Cl.N[C@@]1(c2ccc3ccccc3c2)C[C@@H]1c1ccc(F)cc1. The summed E-state index contributed by atoms with van der Waals surface area (Å²) < 4.78 is 13.0. The van der Waals surface area contributed by atoms with Crippen molar-refractivity contribution in [3.05, 3.63) is 83.7 Å². The largest absolute Gasteiger partial charge is 0.321 e. The highest BCUT2D eigenvalue weighted by molar-refractivity contribution is 5.85. The first-order valence-corrected chi connectivity index (χ1v) is 7.20. The van der Waals surface area contributed by atoms with Gasteiger partial charge in [-0.2, -0.15) is 0 Å². The third-order valence-electron chi connectivity index (χ3n) is 4.56. The Balaban J connectivity index is 0.00000144. The summed E-state index contributed by atoms with van der Waals surface area (Å²) >= 11 is 0. The van der Waals surface area contributed by atoms with E-state index in [2.05, 4.69) is 30.3 Å². The molecular formula is C19H17ClFN. The summed E-state index contributed by atoms with van der Waals surface area (Å²) in [6.45, 7) is 0. The van der Waals surface area contributed by atoms with Gasteiger partial charge in [0.25, 0.3) is 0 Å². The van der Waals surface area contributed by atoms with E-state index in [9.17, 15) is 4.39 Å². The van der Waals surface area contributed by atoms with E-state index in [4.69, 9.17) is 5.73 Å². The zero-order valence-electron chi connectivity index (χ0n) is 12.0. The van der Waals surface area contributed by atoms with Crippen molar-refractivity contribution in [1.82, 2.24) is 0 Å². The van der Waals surface area contributed by atoms with Crippen molar-refractivity contribution in [2.75, 3.05) is 0 Å². The maximum absolute atomic E-state index is 13.0. The molecule has 0 heterocycles. The van der Waals surface area contributed by atoms with E-state index in [1.54, 1.807) is 0 Å². The van der Waals surface area contributed by atoms with Gasteiger partial charge in [0.15, 0.2) is 0 Å². The predicted molar refractivity (Wildman–Crippen MR) is 90.8 cm³/mol. The lowest BCUT2D eigenvalue weighted by Gasteiger charge is -2.13. The van der Waals surface area contributed by atoms with Crippen molar-refractivity contribution in [3.8, 4) is 0 Å². The van der Waals surface area contributed by atoms with Crippen LogP contribution < -0.4 is 5.73 Å². The number of halogens is 2. The second-order valence-corrected chi connectivity index (χ2v) is 5.91. The van der Waals surface area contributed by atoms with E-state index in [1.807, 2.05) is 24.3 Å². The first-order valence-electron chi connectivity index (χ1n) is 7.20. The fourth-order valence-electron chi connectivity index (χ4n) is 3.19. The first-order chi connectivity index (χ1) is 10.2. The molecule has 0 spiro atoms. The lowest BCUT2D eigenvalue weighted by molar-refractivity contribution is 0.626. The van der Waals surface area contributed by atoms with Gasteiger partial charge in [0.2, 0.25) is 0 Å². The zero-order valence-corrected chi connectivity index (χ0v) is 12.8. The molecule has 0 aromatic heterocycles. The predicted octanol–water partition coefficient (Wildman–Crippen LogP) is 4.74. The standard InChI is InChI=1S/C19H16FN.ClH/c20-17-9-6-14(7-10-17)18-12-19(18,21)16-8-5-13-3-1-2-4-15(13)11-16;/h1-11,18H,12,21H2;1H/t18-,19-;/m1./s1. The van der Waals surface area contributed by atoms with E-state index in [0.717, 1.165) is 17.5 Å². The van der Waals surface area contributed by atoms with Crippen molar-refractivity contribution in [2.45, 2.75) is 17.9 Å². The second-order valence-electron chi connectivity index (χ2n) is 5.91. The Kier molecular flexibility index (Phi) is 3.67. The maximum Gasteiger partial charge on any atom is 0.123 e. The Morgan fingerprint density at radius 1 is 0.909 bits per heavy atom. The average molecular weight is 314 g/mol. The Labute approximate surface area is 135 Å². The van der Waals surface area contributed by atoms with E-state index in [-0.39, 0.29) is 29.7 Å². The highest BCUT2D eigenvalue weighted by Gasteiger charge is 2.52. The van der Waals surface area contributed by atoms with Crippen LogP contribution in [0.3, 0.4) is 0 Å². The molecule has 1 nitrogen and oxygen atoms in total. The summed E-state index contributed by atoms with van der Waals surface area (Å²) in [5, 5.41) is 2.44. The molecule has 22 heavy (non-hydrogen) atoms. The van der Waals surface area contributed by atoms with Crippen molar-refractivity contribution >= 4 is 23.2 Å². The number of hydrogen-bond acceptors (Lipinski definition) is 1. The molecule has 3 aromatic carbocycles. The Bertz CT molecular complexity index is 815. The molecule has 4 rings (SSSR count). The van der Waals surface area contributed by atoms with E-state index in [1.165, 1.54) is 22.9 Å². The summed E-state index contributed by atoms with van der Waals surface area (Å²) in [4.78, 5) is 0. The summed E-state index contributed by atoms with van der Waals surface area (Å²) in [7, 11) is 0. The Morgan fingerprint density at radius 3 is 2.32 bits per heavy atom. The molecule has 0 radical (unpaired) electrons. The van der Waals surface area contributed by atoms with Gasteiger partial charge in [0.1, 0.15) is 5.82 Å². The first kappa shape index (κ1) is 15.0. The van der Waals surface area contributed by atoms with E-state index >= 15 is 0 Å². The molecule has 0 amide bonds. The molecule has 3 aromatic rings. The quantitative estimate of drug-likeness (QED) is 0.726. The van der Waals surface area contributed by atoms with Gasteiger partial charge in [-0.15, -0.1) is 12.4 Å². The summed E-state index contributed by atoms with van der Waals surface area (Å²) in [6.07, 6.45) is 0.914. The minimum absolute atomic E-state index is 0. The van der Waals surface area contributed by atoms with Gasteiger partial charge in [0.05, 0.1) is 0 Å². The Morgan fingerprint density at radius 2 is 1.59 bits per heavy atom. The smallest absolute Gasteiger partial charge is 0.123 e. The average Bonchev–Trinajstić information content (AvgIpc) is 3.21. The minimum Gasteiger partial charge on any atom is -0.321 e. The second kappa shape index (κ2) is 5.38. The van der Waals surface area contributed by atoms with Gasteiger partial charge in [-0.05, 0) is 46.5 Å². The van der Waals surface area contributed by atoms with Crippen molar-refractivity contribution < 1.29 is 4.39 Å².